The number of hydrogen-bond acceptors (Lipinski definition) is 5. The van der Waals surface area contributed by atoms with Crippen LogP contribution in [0.3, 0.4) is 0 Å². The van der Waals surface area contributed by atoms with E-state index in [0.717, 1.165) is 25.0 Å². The van der Waals surface area contributed by atoms with Gasteiger partial charge in [-0.15, -0.1) is 0 Å². The fraction of sp³-hybridized carbons (Fsp3) is 0.238. The molecule has 1 unspecified atom stereocenters. The summed E-state index contributed by atoms with van der Waals surface area (Å²) in [7, 11) is 0. The van der Waals surface area contributed by atoms with E-state index in [1.165, 1.54) is 11.1 Å². The first-order valence-electron chi connectivity index (χ1n) is 8.79. The molecule has 1 N–H and O–H groups in total. The van der Waals surface area contributed by atoms with Gasteiger partial charge in [0, 0.05) is 42.9 Å². The highest BCUT2D eigenvalue weighted by molar-refractivity contribution is 5.95. The molecule has 0 bridgehead atoms. The summed E-state index contributed by atoms with van der Waals surface area (Å²) < 4.78 is 5.91. The summed E-state index contributed by atoms with van der Waals surface area (Å²) in [4.78, 5) is 6.62. The van der Waals surface area contributed by atoms with E-state index in [1.807, 2.05) is 12.1 Å². The molecule has 1 saturated heterocycles. The molecule has 3 aromatic rings. The van der Waals surface area contributed by atoms with Gasteiger partial charge >= 0.3 is 0 Å². The third-order valence-corrected chi connectivity index (χ3v) is 4.75. The highest BCUT2D eigenvalue weighted by Crippen LogP contribution is 2.33. The molecular weight excluding hydrogens is 324 g/mol. The first kappa shape index (κ1) is 16.4. The maximum absolute atomic E-state index is 9.23. The molecule has 5 nitrogen and oxygen atoms in total. The van der Waals surface area contributed by atoms with Crippen LogP contribution < -0.4 is 15.0 Å². The molecule has 0 spiro atoms. The van der Waals surface area contributed by atoms with E-state index in [9.17, 15) is 5.26 Å². The molecule has 0 aliphatic carbocycles. The van der Waals surface area contributed by atoms with Crippen LogP contribution in [0.4, 0.5) is 5.69 Å². The molecule has 2 aromatic carbocycles. The monoisotopic (exact) mass is 344 g/mol. The minimum Gasteiger partial charge on any atom is -0.438 e. The number of aromatic nitrogens is 1. The normalized spacial score (nSPS) is 17.1. The third-order valence-electron chi connectivity index (χ3n) is 4.75. The summed E-state index contributed by atoms with van der Waals surface area (Å²) in [6.45, 7) is 5.17. The number of nitrogens with one attached hydrogen (secondary N) is 1. The number of piperazine rings is 1. The second-order valence-electron chi connectivity index (χ2n) is 6.48. The molecule has 0 saturated carbocycles. The molecule has 1 fully saturated rings. The van der Waals surface area contributed by atoms with Crippen LogP contribution in [0.5, 0.6) is 11.6 Å². The van der Waals surface area contributed by atoms with Gasteiger partial charge in [0.25, 0.3) is 0 Å². The Hall–Kier alpha value is -3.10. The molecule has 26 heavy (non-hydrogen) atoms. The predicted molar refractivity (Wildman–Crippen MR) is 103 cm³/mol. The molecule has 1 aromatic heterocycles. The Labute approximate surface area is 152 Å². The van der Waals surface area contributed by atoms with Crippen molar-refractivity contribution < 1.29 is 4.74 Å². The fourth-order valence-corrected chi connectivity index (χ4v) is 3.42. The number of pyridine rings is 1. The molecule has 2 heterocycles. The van der Waals surface area contributed by atoms with Gasteiger partial charge in [0.05, 0.1) is 0 Å². The Morgan fingerprint density at radius 3 is 3.00 bits per heavy atom. The van der Waals surface area contributed by atoms with Crippen molar-refractivity contribution in [2.45, 2.75) is 13.0 Å². The maximum atomic E-state index is 9.23. The van der Waals surface area contributed by atoms with Crippen molar-refractivity contribution in [1.82, 2.24) is 10.3 Å². The van der Waals surface area contributed by atoms with Gasteiger partial charge in [0.1, 0.15) is 17.4 Å². The molecule has 130 valence electrons. The van der Waals surface area contributed by atoms with Crippen LogP contribution in [0.1, 0.15) is 12.5 Å². The van der Waals surface area contributed by atoms with Crippen molar-refractivity contribution in [3.63, 3.8) is 0 Å². The summed E-state index contributed by atoms with van der Waals surface area (Å²) in [5.41, 5.74) is 1.64. The van der Waals surface area contributed by atoms with Crippen molar-refractivity contribution >= 4 is 16.5 Å². The number of nitrogens with zero attached hydrogens (tertiary/aromatic N) is 3. The minimum absolute atomic E-state index is 0.336. The first-order chi connectivity index (χ1) is 12.8. The maximum Gasteiger partial charge on any atom is 0.237 e. The standard InChI is InChI=1S/C21H20N4O/c1-15-14-23-10-11-25(15)20-6-2-4-16-7-8-18(12-19(16)20)26-21-17(13-22)5-3-9-24-21/h2-9,12,15,23H,10-11,14H2,1H3. The molecular formula is C21H20N4O. The van der Waals surface area contributed by atoms with E-state index >= 15 is 0 Å². The van der Waals surface area contributed by atoms with Gasteiger partial charge in [0.15, 0.2) is 0 Å². The summed E-state index contributed by atoms with van der Waals surface area (Å²) >= 11 is 0. The van der Waals surface area contributed by atoms with Crippen molar-refractivity contribution in [3.05, 3.63) is 60.3 Å². The molecule has 4 rings (SSSR count). The highest BCUT2D eigenvalue weighted by atomic mass is 16.5. The smallest absolute Gasteiger partial charge is 0.237 e. The van der Waals surface area contributed by atoms with E-state index in [4.69, 9.17) is 4.74 Å². The van der Waals surface area contributed by atoms with Crippen molar-refractivity contribution in [2.24, 2.45) is 0 Å². The van der Waals surface area contributed by atoms with Gasteiger partial charge in [-0.3, -0.25) is 0 Å². The first-order valence-corrected chi connectivity index (χ1v) is 8.79. The van der Waals surface area contributed by atoms with Crippen molar-refractivity contribution in [3.8, 4) is 17.7 Å². The lowest BCUT2D eigenvalue weighted by atomic mass is 10.1. The van der Waals surface area contributed by atoms with Crippen LogP contribution in [0.2, 0.25) is 0 Å². The Morgan fingerprint density at radius 2 is 2.15 bits per heavy atom. The lowest BCUT2D eigenvalue weighted by Crippen LogP contribution is -2.50. The topological polar surface area (TPSA) is 61.2 Å². The van der Waals surface area contributed by atoms with Crippen LogP contribution in [0.15, 0.2) is 54.7 Å². The number of hydrogen-bond donors (Lipinski definition) is 1. The van der Waals surface area contributed by atoms with E-state index in [-0.39, 0.29) is 0 Å². The summed E-state index contributed by atoms with van der Waals surface area (Å²) in [6.07, 6.45) is 1.63. The zero-order valence-corrected chi connectivity index (χ0v) is 14.6. The molecule has 5 heteroatoms. The van der Waals surface area contributed by atoms with E-state index in [2.05, 4.69) is 52.5 Å². The van der Waals surface area contributed by atoms with Gasteiger partial charge < -0.3 is 15.0 Å². The Morgan fingerprint density at radius 1 is 1.23 bits per heavy atom. The third kappa shape index (κ3) is 3.07. The SMILES string of the molecule is CC1CNCCN1c1cccc2ccc(Oc3ncccc3C#N)cc12. The summed E-state index contributed by atoms with van der Waals surface area (Å²) in [6, 6.07) is 18.4. The molecule has 1 aliphatic rings. The van der Waals surface area contributed by atoms with Crippen LogP contribution in [0, 0.1) is 11.3 Å². The van der Waals surface area contributed by atoms with E-state index in [1.54, 1.807) is 18.3 Å². The lowest BCUT2D eigenvalue weighted by molar-refractivity contribution is 0.462. The largest absolute Gasteiger partial charge is 0.438 e. The second-order valence-corrected chi connectivity index (χ2v) is 6.48. The second kappa shape index (κ2) is 7.03. The quantitative estimate of drug-likeness (QED) is 0.785. The van der Waals surface area contributed by atoms with Crippen molar-refractivity contribution in [2.75, 3.05) is 24.5 Å². The van der Waals surface area contributed by atoms with Crippen LogP contribution in [0.25, 0.3) is 10.8 Å². The van der Waals surface area contributed by atoms with Gasteiger partial charge in [0.2, 0.25) is 5.88 Å². The summed E-state index contributed by atoms with van der Waals surface area (Å²) in [5, 5.41) is 15.0. The van der Waals surface area contributed by atoms with E-state index in [0.29, 0.717) is 23.2 Å². The molecule has 0 radical (unpaired) electrons. The van der Waals surface area contributed by atoms with Gasteiger partial charge in [-0.2, -0.15) is 5.26 Å². The fourth-order valence-electron chi connectivity index (χ4n) is 3.42. The Balaban J connectivity index is 1.74. The van der Waals surface area contributed by atoms with Gasteiger partial charge in [-0.1, -0.05) is 18.2 Å². The number of fused-ring (bicyclic) bond motifs is 1. The van der Waals surface area contributed by atoms with Gasteiger partial charge in [-0.05, 0) is 42.6 Å². The average Bonchev–Trinajstić information content (AvgIpc) is 2.68. The molecule has 0 amide bonds. The lowest BCUT2D eigenvalue weighted by Gasteiger charge is -2.36. The van der Waals surface area contributed by atoms with E-state index < -0.39 is 0 Å². The predicted octanol–water partition coefficient (Wildman–Crippen LogP) is 3.70. The number of ether oxygens (including phenoxy) is 1. The molecule has 1 atom stereocenters. The zero-order valence-electron chi connectivity index (χ0n) is 14.6. The van der Waals surface area contributed by atoms with Crippen LogP contribution >= 0.6 is 0 Å². The average molecular weight is 344 g/mol. The number of benzene rings is 2. The highest BCUT2D eigenvalue weighted by Gasteiger charge is 2.20. The number of rotatable bonds is 3. The van der Waals surface area contributed by atoms with Crippen molar-refractivity contribution in [1.29, 1.82) is 5.26 Å². The van der Waals surface area contributed by atoms with Crippen LogP contribution in [-0.2, 0) is 0 Å². The number of anilines is 1. The Kier molecular flexibility index (Phi) is 4.42. The van der Waals surface area contributed by atoms with Crippen LogP contribution in [-0.4, -0.2) is 30.7 Å². The zero-order chi connectivity index (χ0) is 17.9. The Bertz CT molecular complexity index is 979. The van der Waals surface area contributed by atoms with Gasteiger partial charge in [-0.25, -0.2) is 4.98 Å². The minimum atomic E-state index is 0.336. The molecule has 1 aliphatic heterocycles. The number of nitriles is 1. The summed E-state index contributed by atoms with van der Waals surface area (Å²) in [5.74, 6) is 1.02.